The van der Waals surface area contributed by atoms with Crippen LogP contribution in [0.4, 0.5) is 13.6 Å². The molecule has 2 amide bonds. The first-order chi connectivity index (χ1) is 16.4. The predicted molar refractivity (Wildman–Crippen MR) is 129 cm³/mol. The van der Waals surface area contributed by atoms with Crippen LogP contribution >= 0.6 is 27.7 Å². The lowest BCUT2D eigenvalue weighted by molar-refractivity contribution is -0.123. The molecule has 174 valence electrons. The normalized spacial score (nSPS) is 14.7. The number of nitrogens with zero attached hydrogens (tertiary/aromatic N) is 1. The van der Waals surface area contributed by atoms with E-state index in [-0.39, 0.29) is 23.9 Å². The maximum atomic E-state index is 13.9. The lowest BCUT2D eigenvalue weighted by Crippen LogP contribution is -2.27. The van der Waals surface area contributed by atoms with E-state index < -0.39 is 17.0 Å². The molecule has 1 saturated heterocycles. The number of rotatable bonds is 7. The summed E-state index contributed by atoms with van der Waals surface area (Å²) < 4.78 is 38.8. The van der Waals surface area contributed by atoms with Crippen LogP contribution in [0.15, 0.2) is 70.0 Å². The van der Waals surface area contributed by atoms with Gasteiger partial charge in [-0.2, -0.15) is 0 Å². The highest BCUT2D eigenvalue weighted by atomic mass is 79.9. The summed E-state index contributed by atoms with van der Waals surface area (Å²) in [6.07, 6.45) is 1.59. The van der Waals surface area contributed by atoms with Gasteiger partial charge >= 0.3 is 0 Å². The number of carbonyl (C=O) groups is 2. The standard InChI is InChI=1S/C25H18BrF2NO4S/c1-32-21-11-16(10-19(26)23(21)33-14-17-4-2-3-5-20(17)28)12-22-24(30)29(25(31)34-22)13-15-6-8-18(27)9-7-15/h2-12H,13-14H2,1H3/b22-12-. The van der Waals surface area contributed by atoms with Crippen LogP contribution in [0, 0.1) is 11.6 Å². The molecule has 3 aromatic rings. The zero-order chi connectivity index (χ0) is 24.2. The van der Waals surface area contributed by atoms with Crippen molar-refractivity contribution in [3.05, 3.63) is 98.4 Å². The first kappa shape index (κ1) is 24.0. The molecule has 3 aromatic carbocycles. The van der Waals surface area contributed by atoms with Crippen molar-refractivity contribution >= 4 is 44.9 Å². The van der Waals surface area contributed by atoms with E-state index in [2.05, 4.69) is 15.9 Å². The maximum absolute atomic E-state index is 13.9. The molecule has 1 heterocycles. The molecule has 0 radical (unpaired) electrons. The first-order valence-electron chi connectivity index (χ1n) is 10.1. The second kappa shape index (κ2) is 10.4. The molecule has 1 fully saturated rings. The molecule has 1 aliphatic rings. The van der Waals surface area contributed by atoms with Gasteiger partial charge in [0.15, 0.2) is 11.5 Å². The SMILES string of the molecule is COc1cc(/C=C2\SC(=O)N(Cc3ccc(F)cc3)C2=O)cc(Br)c1OCc1ccccc1F. The Morgan fingerprint density at radius 1 is 1.06 bits per heavy atom. The summed E-state index contributed by atoms with van der Waals surface area (Å²) in [4.78, 5) is 26.6. The minimum absolute atomic E-state index is 0.00323. The van der Waals surface area contributed by atoms with Crippen molar-refractivity contribution in [1.29, 1.82) is 0 Å². The van der Waals surface area contributed by atoms with Crippen LogP contribution in [0.2, 0.25) is 0 Å². The van der Waals surface area contributed by atoms with Crippen molar-refractivity contribution in [3.63, 3.8) is 0 Å². The molecule has 0 atom stereocenters. The molecular formula is C25H18BrF2NO4S. The minimum Gasteiger partial charge on any atom is -0.493 e. The Morgan fingerprint density at radius 2 is 1.79 bits per heavy atom. The second-order valence-electron chi connectivity index (χ2n) is 7.31. The van der Waals surface area contributed by atoms with E-state index >= 15 is 0 Å². The number of amides is 2. The Balaban J connectivity index is 1.53. The summed E-state index contributed by atoms with van der Waals surface area (Å²) in [6, 6.07) is 15.3. The third-order valence-electron chi connectivity index (χ3n) is 5.01. The van der Waals surface area contributed by atoms with Crippen molar-refractivity contribution in [2.75, 3.05) is 7.11 Å². The number of ether oxygens (including phenoxy) is 2. The zero-order valence-electron chi connectivity index (χ0n) is 17.9. The monoisotopic (exact) mass is 545 g/mol. The third-order valence-corrected chi connectivity index (χ3v) is 6.50. The summed E-state index contributed by atoms with van der Waals surface area (Å²) in [5.41, 5.74) is 1.65. The van der Waals surface area contributed by atoms with Crippen LogP contribution in [0.5, 0.6) is 11.5 Å². The van der Waals surface area contributed by atoms with Crippen LogP contribution in [0.3, 0.4) is 0 Å². The van der Waals surface area contributed by atoms with Crippen LogP contribution in [-0.2, 0) is 17.9 Å². The predicted octanol–water partition coefficient (Wildman–Crippen LogP) is 6.55. The lowest BCUT2D eigenvalue weighted by Gasteiger charge is -2.14. The second-order valence-corrected chi connectivity index (χ2v) is 9.16. The summed E-state index contributed by atoms with van der Waals surface area (Å²) >= 11 is 4.27. The van der Waals surface area contributed by atoms with Gasteiger partial charge in [0, 0.05) is 5.56 Å². The molecule has 0 N–H and O–H groups in total. The number of halogens is 3. The van der Waals surface area contributed by atoms with Gasteiger partial charge in [0.25, 0.3) is 11.1 Å². The molecule has 0 bridgehead atoms. The van der Waals surface area contributed by atoms with Gasteiger partial charge in [0.2, 0.25) is 0 Å². The van der Waals surface area contributed by atoms with Gasteiger partial charge in [-0.15, -0.1) is 0 Å². The van der Waals surface area contributed by atoms with Crippen molar-refractivity contribution < 1.29 is 27.8 Å². The number of carbonyl (C=O) groups excluding carboxylic acids is 2. The minimum atomic E-state index is -0.436. The van der Waals surface area contributed by atoms with E-state index in [0.717, 1.165) is 16.7 Å². The van der Waals surface area contributed by atoms with E-state index in [1.807, 2.05) is 0 Å². The Kier molecular flexibility index (Phi) is 7.33. The molecule has 0 aliphatic carbocycles. The molecule has 0 spiro atoms. The average molecular weight is 546 g/mol. The first-order valence-corrected chi connectivity index (χ1v) is 11.7. The van der Waals surface area contributed by atoms with E-state index in [1.165, 1.54) is 37.4 Å². The van der Waals surface area contributed by atoms with Crippen molar-refractivity contribution in [2.24, 2.45) is 0 Å². The highest BCUT2D eigenvalue weighted by Gasteiger charge is 2.35. The Bertz CT molecular complexity index is 1280. The summed E-state index contributed by atoms with van der Waals surface area (Å²) in [7, 11) is 1.47. The van der Waals surface area contributed by atoms with E-state index in [1.54, 1.807) is 36.4 Å². The van der Waals surface area contributed by atoms with Crippen LogP contribution in [0.1, 0.15) is 16.7 Å². The van der Waals surface area contributed by atoms with Crippen LogP contribution < -0.4 is 9.47 Å². The lowest BCUT2D eigenvalue weighted by atomic mass is 10.1. The number of methoxy groups -OCH3 is 1. The van der Waals surface area contributed by atoms with Gasteiger partial charge in [-0.25, -0.2) is 8.78 Å². The smallest absolute Gasteiger partial charge is 0.293 e. The fourth-order valence-electron chi connectivity index (χ4n) is 3.29. The fraction of sp³-hybridized carbons (Fsp3) is 0.120. The van der Waals surface area contributed by atoms with Gasteiger partial charge in [-0.05, 0) is 75.2 Å². The molecule has 0 aromatic heterocycles. The Labute approximate surface area is 207 Å². The van der Waals surface area contributed by atoms with Crippen LogP contribution in [0.25, 0.3) is 6.08 Å². The topological polar surface area (TPSA) is 55.8 Å². The van der Waals surface area contributed by atoms with Crippen molar-refractivity contribution in [1.82, 2.24) is 4.90 Å². The number of imide groups is 1. The number of hydrogen-bond donors (Lipinski definition) is 0. The fourth-order valence-corrected chi connectivity index (χ4v) is 4.70. The van der Waals surface area contributed by atoms with Gasteiger partial charge in [0.05, 0.1) is 23.0 Å². The molecular weight excluding hydrogens is 528 g/mol. The summed E-state index contributed by atoms with van der Waals surface area (Å²) in [5.74, 6) is -0.437. The Morgan fingerprint density at radius 3 is 2.50 bits per heavy atom. The molecule has 9 heteroatoms. The molecule has 34 heavy (non-hydrogen) atoms. The van der Waals surface area contributed by atoms with Crippen molar-refractivity contribution in [2.45, 2.75) is 13.2 Å². The number of benzene rings is 3. The molecule has 4 rings (SSSR count). The van der Waals surface area contributed by atoms with E-state index in [4.69, 9.17) is 9.47 Å². The largest absolute Gasteiger partial charge is 0.493 e. The van der Waals surface area contributed by atoms with Gasteiger partial charge in [-0.1, -0.05) is 30.3 Å². The van der Waals surface area contributed by atoms with Crippen LogP contribution in [-0.4, -0.2) is 23.2 Å². The zero-order valence-corrected chi connectivity index (χ0v) is 20.3. The molecule has 5 nitrogen and oxygen atoms in total. The highest BCUT2D eigenvalue weighted by molar-refractivity contribution is 9.10. The van der Waals surface area contributed by atoms with Gasteiger partial charge in [-0.3, -0.25) is 14.5 Å². The molecule has 0 saturated carbocycles. The average Bonchev–Trinajstić information content (AvgIpc) is 3.07. The highest BCUT2D eigenvalue weighted by Crippen LogP contribution is 2.39. The van der Waals surface area contributed by atoms with Crippen molar-refractivity contribution in [3.8, 4) is 11.5 Å². The van der Waals surface area contributed by atoms with Gasteiger partial charge in [0.1, 0.15) is 18.2 Å². The molecule has 0 unspecified atom stereocenters. The maximum Gasteiger partial charge on any atom is 0.293 e. The summed E-state index contributed by atoms with van der Waals surface area (Å²) in [6.45, 7) is 0.0569. The number of hydrogen-bond acceptors (Lipinski definition) is 5. The van der Waals surface area contributed by atoms with Gasteiger partial charge < -0.3 is 9.47 Å². The molecule has 1 aliphatic heterocycles. The quantitative estimate of drug-likeness (QED) is 0.315. The Hall–Kier alpha value is -3.17. The third kappa shape index (κ3) is 5.31. The van der Waals surface area contributed by atoms with E-state index in [9.17, 15) is 18.4 Å². The number of thioether (sulfide) groups is 1. The van der Waals surface area contributed by atoms with E-state index in [0.29, 0.717) is 32.7 Å². The summed E-state index contributed by atoms with van der Waals surface area (Å²) in [5, 5.41) is -0.406.